The van der Waals surface area contributed by atoms with Crippen molar-refractivity contribution in [3.63, 3.8) is 0 Å². The third kappa shape index (κ3) is 2.31. The Kier molecular flexibility index (Phi) is 2.87. The van der Waals surface area contributed by atoms with Gasteiger partial charge in [0, 0.05) is 0 Å². The van der Waals surface area contributed by atoms with E-state index in [2.05, 4.69) is 21.4 Å². The maximum Gasteiger partial charge on any atom is 0.311 e. The lowest BCUT2D eigenvalue weighted by Gasteiger charge is -1.97. The molecule has 0 aliphatic carbocycles. The van der Waals surface area contributed by atoms with Gasteiger partial charge in [-0.15, -0.1) is 0 Å². The molecule has 3 N–H and O–H groups in total. The van der Waals surface area contributed by atoms with Gasteiger partial charge in [0.1, 0.15) is 0 Å². The lowest BCUT2D eigenvalue weighted by Crippen LogP contribution is -2.21. The average Bonchev–Trinajstić information content (AvgIpc) is 2.76. The predicted octanol–water partition coefficient (Wildman–Crippen LogP) is 1.04. The average molecular weight is 230 g/mol. The molecule has 1 heterocycles. The molecule has 0 amide bonds. The zero-order valence-electron chi connectivity index (χ0n) is 8.88. The summed E-state index contributed by atoms with van der Waals surface area (Å²) in [5.74, 6) is 0.00112. The molecule has 0 aliphatic heterocycles. The Labute approximate surface area is 96.4 Å². The Hall–Kier alpha value is -2.63. The minimum absolute atomic E-state index is 0.00112. The number of aliphatic imine (C=N–C) groups is 1. The quantitative estimate of drug-likeness (QED) is 0.608. The lowest BCUT2D eigenvalue weighted by molar-refractivity contribution is 0.303. The van der Waals surface area contributed by atoms with Gasteiger partial charge in [0.2, 0.25) is 5.69 Å². The lowest BCUT2D eigenvalue weighted by atomic mass is 10.2. The number of H-pyrrole nitrogens is 1. The molecule has 0 saturated heterocycles. The van der Waals surface area contributed by atoms with Gasteiger partial charge >= 0.3 is 5.56 Å². The van der Waals surface area contributed by atoms with E-state index in [4.69, 9.17) is 5.73 Å². The van der Waals surface area contributed by atoms with Gasteiger partial charge in [-0.3, -0.25) is 9.42 Å². The molecule has 2 aromatic rings. The summed E-state index contributed by atoms with van der Waals surface area (Å²) in [5.41, 5.74) is 6.63. The second-order valence-electron chi connectivity index (χ2n) is 3.26. The van der Waals surface area contributed by atoms with Gasteiger partial charge in [0.15, 0.2) is 5.84 Å². The predicted molar refractivity (Wildman–Crippen MR) is 64.0 cm³/mol. The van der Waals surface area contributed by atoms with E-state index in [9.17, 15) is 4.79 Å². The fraction of sp³-hybridized carbons (Fsp3) is 0. The first kappa shape index (κ1) is 10.9. The smallest absolute Gasteiger partial charge is 0.311 e. The van der Waals surface area contributed by atoms with Crippen molar-refractivity contribution in [1.82, 2.24) is 10.3 Å². The van der Waals surface area contributed by atoms with Crippen LogP contribution in [0.4, 0.5) is 5.69 Å². The molecule has 0 spiro atoms. The molecule has 0 bridgehead atoms. The number of nitrogens with zero attached hydrogens (tertiary/aromatic N) is 2. The summed E-state index contributed by atoms with van der Waals surface area (Å²) in [6.07, 6.45) is 1.69. The second-order valence-corrected chi connectivity index (χ2v) is 3.26. The van der Waals surface area contributed by atoms with Crippen LogP contribution in [0.25, 0.3) is 6.08 Å². The highest BCUT2D eigenvalue weighted by Gasteiger charge is 2.08. The minimum Gasteiger partial charge on any atom is -0.382 e. The van der Waals surface area contributed by atoms with E-state index in [-0.39, 0.29) is 11.5 Å². The number of hydrogen-bond donors (Lipinski definition) is 2. The van der Waals surface area contributed by atoms with Crippen LogP contribution < -0.4 is 11.3 Å². The van der Waals surface area contributed by atoms with Gasteiger partial charge in [-0.1, -0.05) is 24.8 Å². The highest BCUT2D eigenvalue weighted by molar-refractivity contribution is 5.96. The van der Waals surface area contributed by atoms with Gasteiger partial charge in [-0.25, -0.2) is 4.99 Å². The number of aromatic amines is 1. The van der Waals surface area contributed by atoms with Crippen LogP contribution in [-0.2, 0) is 0 Å². The summed E-state index contributed by atoms with van der Waals surface area (Å²) in [6.45, 7) is 3.65. The van der Waals surface area contributed by atoms with E-state index >= 15 is 0 Å². The van der Waals surface area contributed by atoms with Crippen molar-refractivity contribution in [2.24, 2.45) is 10.7 Å². The molecule has 1 aromatic heterocycles. The molecule has 2 rings (SSSR count). The van der Waals surface area contributed by atoms with Crippen LogP contribution >= 0.6 is 0 Å². The largest absolute Gasteiger partial charge is 0.382 e. The van der Waals surface area contributed by atoms with Crippen molar-refractivity contribution in [2.75, 3.05) is 0 Å². The standard InChI is InChI=1S/C11H10N4O2/c1-2-7-4-3-5-8(6-7)13-10(12)9-11(16)15-17-14-9/h2-6H,1H2,(H2,12,13)(H,15,16). The maximum absolute atomic E-state index is 11.2. The monoisotopic (exact) mass is 230 g/mol. The number of nitrogens with one attached hydrogen (secondary N) is 1. The molecule has 0 fully saturated rings. The normalized spacial score (nSPS) is 11.4. The number of benzene rings is 1. The molecular formula is C11H10N4O2. The van der Waals surface area contributed by atoms with Crippen molar-refractivity contribution < 1.29 is 4.63 Å². The third-order valence-electron chi connectivity index (χ3n) is 2.09. The third-order valence-corrected chi connectivity index (χ3v) is 2.09. The Morgan fingerprint density at radius 3 is 3.06 bits per heavy atom. The Morgan fingerprint density at radius 2 is 2.41 bits per heavy atom. The van der Waals surface area contributed by atoms with E-state index in [1.807, 2.05) is 17.3 Å². The Balaban J connectivity index is 2.39. The van der Waals surface area contributed by atoms with Gasteiger partial charge < -0.3 is 5.73 Å². The van der Waals surface area contributed by atoms with E-state index < -0.39 is 5.56 Å². The number of nitrogens with two attached hydrogens (primary N) is 1. The van der Waals surface area contributed by atoms with Crippen molar-refractivity contribution in [1.29, 1.82) is 0 Å². The van der Waals surface area contributed by atoms with Gasteiger partial charge in [0.25, 0.3) is 0 Å². The van der Waals surface area contributed by atoms with Crippen molar-refractivity contribution >= 4 is 17.6 Å². The molecule has 0 unspecified atom stereocenters. The molecule has 0 saturated carbocycles. The van der Waals surface area contributed by atoms with Crippen LogP contribution in [0.15, 0.2) is 45.3 Å². The second kappa shape index (κ2) is 4.48. The van der Waals surface area contributed by atoms with Crippen molar-refractivity contribution in [3.8, 4) is 0 Å². The first-order valence-electron chi connectivity index (χ1n) is 4.82. The van der Waals surface area contributed by atoms with E-state index in [0.717, 1.165) is 5.56 Å². The molecule has 0 atom stereocenters. The molecule has 0 aliphatic rings. The summed E-state index contributed by atoms with van der Waals surface area (Å²) in [4.78, 5) is 15.3. The molecule has 1 aromatic carbocycles. The van der Waals surface area contributed by atoms with Crippen LogP contribution in [0.5, 0.6) is 0 Å². The highest BCUT2D eigenvalue weighted by Crippen LogP contribution is 2.15. The summed E-state index contributed by atoms with van der Waals surface area (Å²) in [6, 6.07) is 7.24. The molecule has 6 heteroatoms. The van der Waals surface area contributed by atoms with Crippen LogP contribution in [0.2, 0.25) is 0 Å². The summed E-state index contributed by atoms with van der Waals surface area (Å²) in [5, 5.41) is 5.47. The fourth-order valence-electron chi connectivity index (χ4n) is 1.28. The highest BCUT2D eigenvalue weighted by atomic mass is 16.6. The fourth-order valence-corrected chi connectivity index (χ4v) is 1.28. The molecule has 86 valence electrons. The van der Waals surface area contributed by atoms with Crippen LogP contribution in [0.1, 0.15) is 11.3 Å². The van der Waals surface area contributed by atoms with Crippen LogP contribution in [0.3, 0.4) is 0 Å². The Morgan fingerprint density at radius 1 is 1.59 bits per heavy atom. The minimum atomic E-state index is -0.508. The van der Waals surface area contributed by atoms with Gasteiger partial charge in [0.05, 0.1) is 5.69 Å². The zero-order chi connectivity index (χ0) is 12.3. The number of aromatic nitrogens is 2. The number of rotatable bonds is 3. The van der Waals surface area contributed by atoms with E-state index in [0.29, 0.717) is 5.69 Å². The first-order valence-corrected chi connectivity index (χ1v) is 4.82. The van der Waals surface area contributed by atoms with Crippen molar-refractivity contribution in [3.05, 3.63) is 52.5 Å². The molecule has 0 radical (unpaired) electrons. The zero-order valence-corrected chi connectivity index (χ0v) is 8.88. The number of amidine groups is 1. The molecule has 6 nitrogen and oxygen atoms in total. The summed E-state index contributed by atoms with van der Waals surface area (Å²) in [7, 11) is 0. The molecular weight excluding hydrogens is 220 g/mol. The maximum atomic E-state index is 11.2. The first-order chi connectivity index (χ1) is 8.20. The van der Waals surface area contributed by atoms with Crippen molar-refractivity contribution in [2.45, 2.75) is 0 Å². The molecule has 17 heavy (non-hydrogen) atoms. The summed E-state index contributed by atoms with van der Waals surface area (Å²) >= 11 is 0. The van der Waals surface area contributed by atoms with Crippen LogP contribution in [-0.4, -0.2) is 16.1 Å². The summed E-state index contributed by atoms with van der Waals surface area (Å²) < 4.78 is 4.38. The van der Waals surface area contributed by atoms with Gasteiger partial charge in [-0.2, -0.15) is 5.16 Å². The van der Waals surface area contributed by atoms with E-state index in [1.54, 1.807) is 18.2 Å². The van der Waals surface area contributed by atoms with Gasteiger partial charge in [-0.05, 0) is 22.9 Å². The number of hydrogen-bond acceptors (Lipinski definition) is 4. The SMILES string of the molecule is C=Cc1cccc(N=C(N)c2no[nH]c2=O)c1. The Bertz CT molecular complexity index is 624. The topological polar surface area (TPSA) is 97.3 Å². The van der Waals surface area contributed by atoms with E-state index in [1.165, 1.54) is 0 Å². The van der Waals surface area contributed by atoms with Crippen LogP contribution in [0, 0.1) is 0 Å².